The number of aromatic nitrogens is 7. The summed E-state index contributed by atoms with van der Waals surface area (Å²) < 4.78 is 3.57. The molecular weight excluding hydrogens is 280 g/mol. The van der Waals surface area contributed by atoms with E-state index in [4.69, 9.17) is 0 Å². The quantitative estimate of drug-likeness (QED) is 0.559. The second kappa shape index (κ2) is 5.40. The molecule has 3 heterocycles. The number of hydrogen-bond acceptors (Lipinski definition) is 6. The van der Waals surface area contributed by atoms with Gasteiger partial charge in [0.25, 0.3) is 0 Å². The van der Waals surface area contributed by atoms with Crippen molar-refractivity contribution in [2.75, 3.05) is 11.9 Å². The minimum atomic E-state index is 0.635. The average Bonchev–Trinajstić information content (AvgIpc) is 3.18. The van der Waals surface area contributed by atoms with Crippen LogP contribution in [0.15, 0.2) is 42.7 Å². The fourth-order valence-electron chi connectivity index (χ4n) is 2.40. The Morgan fingerprint density at radius 1 is 1.09 bits per heavy atom. The first kappa shape index (κ1) is 12.7. The monoisotopic (exact) mass is 294 g/mol. The maximum atomic E-state index is 4.39. The summed E-state index contributed by atoms with van der Waals surface area (Å²) in [5, 5.41) is 18.7. The molecule has 8 heteroatoms. The number of hydrogen-bond donors (Lipinski definition) is 1. The highest BCUT2D eigenvalue weighted by Gasteiger charge is 2.02. The van der Waals surface area contributed by atoms with Crippen molar-refractivity contribution in [1.29, 1.82) is 0 Å². The molecule has 0 aliphatic heterocycles. The van der Waals surface area contributed by atoms with Gasteiger partial charge in [0.15, 0.2) is 5.65 Å². The highest BCUT2D eigenvalue weighted by Crippen LogP contribution is 2.12. The minimum absolute atomic E-state index is 0.635. The minimum Gasteiger partial charge on any atom is -0.369 e. The molecule has 4 aromatic rings. The van der Waals surface area contributed by atoms with Gasteiger partial charge in [-0.2, -0.15) is 0 Å². The van der Waals surface area contributed by atoms with Gasteiger partial charge in [0.2, 0.25) is 0 Å². The second-order valence-corrected chi connectivity index (χ2v) is 4.95. The summed E-state index contributed by atoms with van der Waals surface area (Å²) in [6.07, 6.45) is 2.85. The zero-order valence-corrected chi connectivity index (χ0v) is 11.8. The molecule has 0 unspecified atom stereocenters. The standard InChI is InChI=1S/C14H14N8/c1-2-5-12-11(4-1)16-10-21(12)9-3-8-15-13-6-7-14-17-19-20-22(14)18-13/h1-2,4-7,10H,3,8-9H2,(H,15,18). The van der Waals surface area contributed by atoms with Crippen LogP contribution in [-0.4, -0.2) is 41.4 Å². The van der Waals surface area contributed by atoms with Crippen LogP contribution in [0.4, 0.5) is 5.82 Å². The third-order valence-corrected chi connectivity index (χ3v) is 3.48. The lowest BCUT2D eigenvalue weighted by atomic mass is 10.3. The number of aryl methyl sites for hydroxylation is 1. The summed E-state index contributed by atoms with van der Waals surface area (Å²) in [5.74, 6) is 0.760. The molecule has 0 aliphatic carbocycles. The first-order chi connectivity index (χ1) is 10.9. The molecule has 1 N–H and O–H groups in total. The first-order valence-electron chi connectivity index (χ1n) is 7.09. The first-order valence-corrected chi connectivity index (χ1v) is 7.09. The van der Waals surface area contributed by atoms with Gasteiger partial charge in [0.05, 0.1) is 17.4 Å². The number of nitrogens with one attached hydrogen (secondary N) is 1. The number of tetrazole rings is 1. The van der Waals surface area contributed by atoms with Gasteiger partial charge < -0.3 is 9.88 Å². The number of imidazole rings is 1. The van der Waals surface area contributed by atoms with Crippen LogP contribution >= 0.6 is 0 Å². The Hall–Kier alpha value is -3.03. The number of benzene rings is 1. The van der Waals surface area contributed by atoms with E-state index in [1.54, 1.807) is 0 Å². The Labute approximate surface area is 125 Å². The molecule has 0 fully saturated rings. The lowest BCUT2D eigenvalue weighted by molar-refractivity contribution is 0.673. The Morgan fingerprint density at radius 3 is 3.05 bits per heavy atom. The number of nitrogens with zero attached hydrogens (tertiary/aromatic N) is 7. The molecule has 0 atom stereocenters. The highest BCUT2D eigenvalue weighted by molar-refractivity contribution is 5.74. The van der Waals surface area contributed by atoms with Gasteiger partial charge in [-0.3, -0.25) is 0 Å². The molecule has 22 heavy (non-hydrogen) atoms. The lowest BCUT2D eigenvalue weighted by Crippen LogP contribution is -2.09. The zero-order valence-electron chi connectivity index (χ0n) is 11.8. The van der Waals surface area contributed by atoms with Crippen LogP contribution in [0.25, 0.3) is 16.7 Å². The lowest BCUT2D eigenvalue weighted by Gasteiger charge is -2.06. The molecular formula is C14H14N8. The van der Waals surface area contributed by atoms with Crippen molar-refractivity contribution < 1.29 is 0 Å². The predicted octanol–water partition coefficient (Wildman–Crippen LogP) is 1.37. The maximum Gasteiger partial charge on any atom is 0.200 e. The summed E-state index contributed by atoms with van der Waals surface area (Å²) in [6.45, 7) is 1.72. The van der Waals surface area contributed by atoms with E-state index in [2.05, 4.69) is 41.6 Å². The van der Waals surface area contributed by atoms with Crippen molar-refractivity contribution in [2.45, 2.75) is 13.0 Å². The molecule has 0 aliphatic rings. The Morgan fingerprint density at radius 2 is 2.05 bits per heavy atom. The molecule has 0 saturated heterocycles. The van der Waals surface area contributed by atoms with Crippen LogP contribution in [0, 0.1) is 0 Å². The molecule has 110 valence electrons. The van der Waals surface area contributed by atoms with Crippen LogP contribution in [0.2, 0.25) is 0 Å². The maximum absolute atomic E-state index is 4.39. The van der Waals surface area contributed by atoms with Crippen molar-refractivity contribution in [1.82, 2.24) is 34.8 Å². The summed E-state index contributed by atoms with van der Waals surface area (Å²) in [7, 11) is 0. The van der Waals surface area contributed by atoms with E-state index in [0.717, 1.165) is 36.4 Å². The Balaban J connectivity index is 1.37. The molecule has 0 spiro atoms. The van der Waals surface area contributed by atoms with Crippen molar-refractivity contribution in [3.8, 4) is 0 Å². The number of anilines is 1. The summed E-state index contributed by atoms with van der Waals surface area (Å²) in [4.78, 5) is 4.39. The zero-order chi connectivity index (χ0) is 14.8. The Bertz CT molecular complexity index is 909. The van der Waals surface area contributed by atoms with E-state index in [1.807, 2.05) is 36.7 Å². The number of fused-ring (bicyclic) bond motifs is 2. The SMILES string of the molecule is c1ccc2c(c1)ncn2CCCNc1ccc2nnnn2n1. The van der Waals surface area contributed by atoms with Gasteiger partial charge in [-0.1, -0.05) is 12.1 Å². The third kappa shape index (κ3) is 2.34. The smallest absolute Gasteiger partial charge is 0.200 e. The fourth-order valence-corrected chi connectivity index (χ4v) is 2.40. The molecule has 3 aromatic heterocycles. The van der Waals surface area contributed by atoms with Gasteiger partial charge in [-0.25, -0.2) is 4.98 Å². The van der Waals surface area contributed by atoms with Gasteiger partial charge in [-0.15, -0.1) is 14.8 Å². The molecule has 8 nitrogen and oxygen atoms in total. The van der Waals surface area contributed by atoms with Crippen molar-refractivity contribution in [3.05, 3.63) is 42.7 Å². The van der Waals surface area contributed by atoms with Crippen LogP contribution in [0.3, 0.4) is 0 Å². The van der Waals surface area contributed by atoms with Gasteiger partial charge in [0, 0.05) is 13.1 Å². The van der Waals surface area contributed by atoms with E-state index in [0.29, 0.717) is 5.65 Å². The van der Waals surface area contributed by atoms with E-state index in [-0.39, 0.29) is 0 Å². The number of rotatable bonds is 5. The van der Waals surface area contributed by atoms with Gasteiger partial charge in [0.1, 0.15) is 5.82 Å². The van der Waals surface area contributed by atoms with Crippen LogP contribution in [-0.2, 0) is 6.54 Å². The second-order valence-electron chi connectivity index (χ2n) is 4.95. The van der Waals surface area contributed by atoms with Crippen LogP contribution < -0.4 is 5.32 Å². The van der Waals surface area contributed by atoms with Gasteiger partial charge in [-0.05, 0) is 41.1 Å². The van der Waals surface area contributed by atoms with E-state index in [9.17, 15) is 0 Å². The molecule has 0 radical (unpaired) electrons. The van der Waals surface area contributed by atoms with Gasteiger partial charge >= 0.3 is 0 Å². The summed E-state index contributed by atoms with van der Waals surface area (Å²) in [6, 6.07) is 11.8. The Kier molecular flexibility index (Phi) is 3.11. The van der Waals surface area contributed by atoms with Crippen molar-refractivity contribution in [2.24, 2.45) is 0 Å². The fraction of sp³-hybridized carbons (Fsp3) is 0.214. The molecule has 1 aromatic carbocycles. The third-order valence-electron chi connectivity index (χ3n) is 3.48. The number of para-hydroxylation sites is 2. The normalized spacial score (nSPS) is 11.3. The highest BCUT2D eigenvalue weighted by atomic mass is 15.6. The van der Waals surface area contributed by atoms with E-state index < -0.39 is 0 Å². The van der Waals surface area contributed by atoms with Crippen molar-refractivity contribution >= 4 is 22.5 Å². The summed E-state index contributed by atoms with van der Waals surface area (Å²) >= 11 is 0. The predicted molar refractivity (Wildman–Crippen MR) is 81.4 cm³/mol. The van der Waals surface area contributed by atoms with Crippen LogP contribution in [0.5, 0.6) is 0 Å². The average molecular weight is 294 g/mol. The molecule has 0 bridgehead atoms. The molecule has 0 saturated carbocycles. The van der Waals surface area contributed by atoms with E-state index >= 15 is 0 Å². The largest absolute Gasteiger partial charge is 0.369 e. The molecule has 0 amide bonds. The van der Waals surface area contributed by atoms with Crippen molar-refractivity contribution in [3.63, 3.8) is 0 Å². The van der Waals surface area contributed by atoms with E-state index in [1.165, 1.54) is 4.63 Å². The van der Waals surface area contributed by atoms with Crippen LogP contribution in [0.1, 0.15) is 6.42 Å². The molecule has 4 rings (SSSR count). The topological polar surface area (TPSA) is 85.8 Å². The summed E-state index contributed by atoms with van der Waals surface area (Å²) in [5.41, 5.74) is 2.83.